The Bertz CT molecular complexity index is 2300. The Hall–Kier alpha value is -6.16. The molecule has 21 nitrogen and oxygen atoms in total. The number of benzene rings is 2. The number of carbonyl (C=O) groups is 8. The van der Waals surface area contributed by atoms with E-state index in [9.17, 15) is 38.4 Å². The van der Waals surface area contributed by atoms with E-state index in [0.29, 0.717) is 50.9 Å². The maximum absolute atomic E-state index is 14.8. The molecule has 2 aromatic carbocycles. The van der Waals surface area contributed by atoms with Gasteiger partial charge in [-0.05, 0) is 86.1 Å². The number of urea groups is 1. The van der Waals surface area contributed by atoms with Gasteiger partial charge in [0.05, 0.1) is 55.8 Å². The summed E-state index contributed by atoms with van der Waals surface area (Å²) in [4.78, 5) is 113. The number of amides is 8. The van der Waals surface area contributed by atoms with Gasteiger partial charge < -0.3 is 62.1 Å². The molecular formula is C59H96N10O11. The van der Waals surface area contributed by atoms with Crippen LogP contribution in [0.2, 0.25) is 0 Å². The maximum Gasteiger partial charge on any atom is 0.328 e. The summed E-state index contributed by atoms with van der Waals surface area (Å²) >= 11 is 0. The molecule has 1 aliphatic rings. The Labute approximate surface area is 475 Å². The molecule has 8 amide bonds. The molecule has 21 heteroatoms. The lowest BCUT2D eigenvalue weighted by atomic mass is 9.89. The van der Waals surface area contributed by atoms with Crippen LogP contribution in [0.25, 0.3) is 0 Å². The Kier molecular flexibility index (Phi) is 28.6. The SMILES string of the molecule is CC[C@H](C)[C@@H]([C@@H](CC(=O)N1CCC[C@H]1[C@H](OC)C(C)C(=O)N[C@@H](Cc1ccccc1)C(=O)OC)OC)N(C)C(=O)[C@@H](NC(=O)[C@H](C(C)C)N(C)CCc1ccc(NC(=O)C(CCCNC(N)=O)NC(=O)[C@@H](N)C(C)C)cc1)C(C)C. The third-order valence-corrected chi connectivity index (χ3v) is 15.5. The van der Waals surface area contributed by atoms with Crippen molar-refractivity contribution in [2.75, 3.05) is 60.4 Å². The number of nitrogens with zero attached hydrogens (tertiary/aromatic N) is 3. The highest BCUT2D eigenvalue weighted by atomic mass is 16.5. The number of esters is 1. The first-order valence-electron chi connectivity index (χ1n) is 28.3. The van der Waals surface area contributed by atoms with Crippen LogP contribution < -0.4 is 38.1 Å². The van der Waals surface area contributed by atoms with Crippen molar-refractivity contribution in [1.29, 1.82) is 0 Å². The molecule has 2 aromatic rings. The first-order valence-corrected chi connectivity index (χ1v) is 28.3. The normalized spacial score (nSPS) is 17.3. The number of methoxy groups -OCH3 is 3. The molecule has 9 N–H and O–H groups in total. The van der Waals surface area contributed by atoms with Crippen molar-refractivity contribution in [2.24, 2.45) is 41.1 Å². The summed E-state index contributed by atoms with van der Waals surface area (Å²) < 4.78 is 17.1. The first-order chi connectivity index (χ1) is 37.8. The highest BCUT2D eigenvalue weighted by Gasteiger charge is 2.44. The second-order valence-corrected chi connectivity index (χ2v) is 22.5. The van der Waals surface area contributed by atoms with Crippen LogP contribution >= 0.6 is 0 Å². The molecule has 2 unspecified atom stereocenters. The topological polar surface area (TPSA) is 286 Å². The minimum absolute atomic E-state index is 0.0540. The van der Waals surface area contributed by atoms with Crippen LogP contribution in [0, 0.1) is 29.6 Å². The van der Waals surface area contributed by atoms with Gasteiger partial charge in [-0.2, -0.15) is 0 Å². The summed E-state index contributed by atoms with van der Waals surface area (Å²) in [5, 5.41) is 14.1. The van der Waals surface area contributed by atoms with E-state index in [1.807, 2.05) is 110 Å². The van der Waals surface area contributed by atoms with Crippen molar-refractivity contribution < 1.29 is 52.6 Å². The van der Waals surface area contributed by atoms with E-state index in [1.54, 1.807) is 35.9 Å². The van der Waals surface area contributed by atoms with Crippen molar-refractivity contribution in [3.8, 4) is 0 Å². The Morgan fingerprint density at radius 3 is 1.94 bits per heavy atom. The number of primary amides is 1. The summed E-state index contributed by atoms with van der Waals surface area (Å²) in [6, 6.07) is 10.8. The fourth-order valence-corrected chi connectivity index (χ4v) is 10.6. The number of carbonyl (C=O) groups excluding carboxylic acids is 8. The average Bonchev–Trinajstić information content (AvgIpc) is 3.97. The largest absolute Gasteiger partial charge is 0.467 e. The fourth-order valence-electron chi connectivity index (χ4n) is 10.6. The molecule has 0 saturated carbocycles. The van der Waals surface area contributed by atoms with Crippen LogP contribution in [0.5, 0.6) is 0 Å². The second-order valence-electron chi connectivity index (χ2n) is 22.5. The number of ether oxygens (including phenoxy) is 3. The van der Waals surface area contributed by atoms with Crippen LogP contribution in [0.4, 0.5) is 10.5 Å². The predicted octanol–water partition coefficient (Wildman–Crippen LogP) is 4.00. The minimum atomic E-state index is -0.928. The van der Waals surface area contributed by atoms with E-state index in [4.69, 9.17) is 25.7 Å². The number of nitrogens with two attached hydrogens (primary N) is 2. The Morgan fingerprint density at radius 1 is 0.750 bits per heavy atom. The molecule has 3 rings (SSSR count). The van der Waals surface area contributed by atoms with Gasteiger partial charge >= 0.3 is 12.0 Å². The molecule has 1 saturated heterocycles. The number of hydrogen-bond donors (Lipinski definition) is 7. The van der Waals surface area contributed by atoms with Crippen LogP contribution in [0.3, 0.4) is 0 Å². The van der Waals surface area contributed by atoms with E-state index in [0.717, 1.165) is 11.1 Å². The predicted molar refractivity (Wildman–Crippen MR) is 309 cm³/mol. The monoisotopic (exact) mass is 1120 g/mol. The lowest BCUT2D eigenvalue weighted by Gasteiger charge is -2.41. The van der Waals surface area contributed by atoms with Gasteiger partial charge in [0.15, 0.2) is 0 Å². The van der Waals surface area contributed by atoms with E-state index in [1.165, 1.54) is 21.3 Å². The number of nitrogens with one attached hydrogen (secondary N) is 5. The van der Waals surface area contributed by atoms with E-state index < -0.39 is 90.1 Å². The van der Waals surface area contributed by atoms with Crippen LogP contribution in [0.1, 0.15) is 112 Å². The van der Waals surface area contributed by atoms with Gasteiger partial charge in [-0.1, -0.05) is 111 Å². The third-order valence-electron chi connectivity index (χ3n) is 15.5. The van der Waals surface area contributed by atoms with Crippen LogP contribution in [0.15, 0.2) is 54.6 Å². The zero-order valence-electron chi connectivity index (χ0n) is 50.0. The van der Waals surface area contributed by atoms with Gasteiger partial charge in [-0.15, -0.1) is 0 Å². The van der Waals surface area contributed by atoms with Crippen molar-refractivity contribution in [2.45, 2.75) is 168 Å². The van der Waals surface area contributed by atoms with E-state index in [-0.39, 0.29) is 67.2 Å². The molecule has 0 radical (unpaired) electrons. The standard InChI is InChI=1S/C59H96N10O11/c1-15-38(8)51(46(78-12)34-47(70)69-31-20-24-45(69)52(79-13)39(9)53(71)65-44(58(76)80-14)33-41-21-17-16-18-22-41)68(11)57(75)49(36(4)5)66-56(74)50(37(6)7)67(10)32-29-40-25-27-42(28-26-40)63-54(72)43(23-19-30-62-59(61)77)64-55(73)48(60)35(2)3/h16-18,21-22,25-28,35-39,43-46,48-52H,15,19-20,23-24,29-34,60H2,1-14H3,(H,63,72)(H,64,73)(H,65,71)(H,66,74)(H3,61,62,77)/t38-,39?,43?,44-,45-,46+,48-,49-,50-,51-,52+/m0/s1. The molecule has 1 fully saturated rings. The second kappa shape index (κ2) is 33.6. The first kappa shape index (κ1) is 68.1. The molecule has 1 heterocycles. The zero-order valence-corrected chi connectivity index (χ0v) is 50.0. The number of hydrogen-bond acceptors (Lipinski definition) is 13. The fraction of sp³-hybridized carbons (Fsp3) is 0.661. The molecule has 0 spiro atoms. The molecule has 1 aliphatic heterocycles. The van der Waals surface area contributed by atoms with Crippen molar-refractivity contribution >= 4 is 53.1 Å². The molecule has 448 valence electrons. The van der Waals surface area contributed by atoms with Gasteiger partial charge in [0, 0.05) is 53.0 Å². The number of anilines is 1. The van der Waals surface area contributed by atoms with Gasteiger partial charge in [0.25, 0.3) is 0 Å². The summed E-state index contributed by atoms with van der Waals surface area (Å²) in [5.74, 6) is -4.13. The van der Waals surface area contributed by atoms with Gasteiger partial charge in [0.1, 0.15) is 18.1 Å². The maximum atomic E-state index is 14.8. The van der Waals surface area contributed by atoms with Crippen LogP contribution in [-0.2, 0) is 60.6 Å². The van der Waals surface area contributed by atoms with Gasteiger partial charge in [-0.25, -0.2) is 9.59 Å². The van der Waals surface area contributed by atoms with E-state index in [2.05, 4.69) is 26.6 Å². The minimum Gasteiger partial charge on any atom is -0.467 e. The highest BCUT2D eigenvalue weighted by Crippen LogP contribution is 2.30. The van der Waals surface area contributed by atoms with Gasteiger partial charge in [0.2, 0.25) is 35.4 Å². The lowest BCUT2D eigenvalue weighted by molar-refractivity contribution is -0.149. The van der Waals surface area contributed by atoms with E-state index >= 15 is 0 Å². The number of likely N-dealkylation sites (N-methyl/N-ethyl adjacent to an activating group) is 2. The highest BCUT2D eigenvalue weighted by molar-refractivity contribution is 5.98. The van der Waals surface area contributed by atoms with Crippen molar-refractivity contribution in [1.82, 2.24) is 36.0 Å². The quantitative estimate of drug-likeness (QED) is 0.0394. The number of likely N-dealkylation sites (tertiary alicyclic amines) is 1. The van der Waals surface area contributed by atoms with Crippen molar-refractivity contribution in [3.05, 3.63) is 65.7 Å². The van der Waals surface area contributed by atoms with Crippen LogP contribution in [-0.4, -0.2) is 172 Å². The smallest absolute Gasteiger partial charge is 0.328 e. The molecular weight excluding hydrogens is 1020 g/mol. The molecule has 80 heavy (non-hydrogen) atoms. The number of rotatable bonds is 33. The zero-order chi connectivity index (χ0) is 60.0. The van der Waals surface area contributed by atoms with Crippen molar-refractivity contribution in [3.63, 3.8) is 0 Å². The molecule has 11 atom stereocenters. The molecule has 0 bridgehead atoms. The summed E-state index contributed by atoms with van der Waals surface area (Å²) in [6.45, 7) is 18.2. The molecule has 0 aliphatic carbocycles. The summed E-state index contributed by atoms with van der Waals surface area (Å²) in [5.41, 5.74) is 13.6. The average molecular weight is 1120 g/mol. The molecule has 0 aromatic heterocycles. The lowest BCUT2D eigenvalue weighted by Crippen LogP contribution is -2.60. The third kappa shape index (κ3) is 20.1. The summed E-state index contributed by atoms with van der Waals surface area (Å²) in [6.07, 6.45) is 1.89. The Morgan fingerprint density at radius 2 is 1.39 bits per heavy atom. The summed E-state index contributed by atoms with van der Waals surface area (Å²) in [7, 11) is 7.90. The Balaban J connectivity index is 1.72. The van der Waals surface area contributed by atoms with Gasteiger partial charge in [-0.3, -0.25) is 33.7 Å².